The van der Waals surface area contributed by atoms with E-state index in [1.165, 1.54) is 0 Å². The van der Waals surface area contributed by atoms with Gasteiger partial charge in [0.05, 0.1) is 6.10 Å². The molecular weight excluding hydrogens is 421 g/mol. The molecular formula is C24H31Cl2NO3. The van der Waals surface area contributed by atoms with Crippen LogP contribution in [0.3, 0.4) is 0 Å². The molecule has 3 rings (SSSR count). The third kappa shape index (κ3) is 7.92. The van der Waals surface area contributed by atoms with Crippen LogP contribution in [0.5, 0.6) is 0 Å². The van der Waals surface area contributed by atoms with Crippen molar-refractivity contribution in [1.82, 2.24) is 4.90 Å². The Kier molecular flexibility index (Phi) is 10.7. The normalized spacial score (nSPS) is 16.0. The Morgan fingerprint density at radius 3 is 2.27 bits per heavy atom. The van der Waals surface area contributed by atoms with Crippen molar-refractivity contribution in [1.29, 1.82) is 0 Å². The lowest BCUT2D eigenvalue weighted by Crippen LogP contribution is -2.38. The number of nitrogens with zero attached hydrogens (tertiary/aromatic N) is 1. The van der Waals surface area contributed by atoms with E-state index in [1.807, 2.05) is 30.3 Å². The number of aliphatic carboxylic acids is 1. The molecule has 1 unspecified atom stereocenters. The number of likely N-dealkylation sites (tertiary alicyclic amines) is 1. The van der Waals surface area contributed by atoms with Crippen LogP contribution >= 0.6 is 24.0 Å². The number of carbonyl (C=O) groups is 1. The molecule has 1 N–H and O–H groups in total. The van der Waals surface area contributed by atoms with E-state index in [1.54, 1.807) is 0 Å². The van der Waals surface area contributed by atoms with Gasteiger partial charge in [0, 0.05) is 24.5 Å². The van der Waals surface area contributed by atoms with Gasteiger partial charge in [-0.3, -0.25) is 4.79 Å². The zero-order chi connectivity index (χ0) is 20.5. The lowest BCUT2D eigenvalue weighted by molar-refractivity contribution is -0.137. The van der Waals surface area contributed by atoms with E-state index in [0.29, 0.717) is 0 Å². The van der Waals surface area contributed by atoms with E-state index < -0.39 is 5.97 Å². The van der Waals surface area contributed by atoms with Gasteiger partial charge < -0.3 is 14.7 Å². The Labute approximate surface area is 190 Å². The van der Waals surface area contributed by atoms with Gasteiger partial charge in [0.25, 0.3) is 0 Å². The number of unbranched alkanes of at least 4 members (excludes halogenated alkanes) is 2. The van der Waals surface area contributed by atoms with Crippen LogP contribution < -0.4 is 0 Å². The van der Waals surface area contributed by atoms with E-state index in [2.05, 4.69) is 29.2 Å². The Hall–Kier alpha value is -1.59. The fourth-order valence-electron chi connectivity index (χ4n) is 3.86. The number of piperidine rings is 1. The van der Waals surface area contributed by atoms with Crippen molar-refractivity contribution in [3.8, 4) is 0 Å². The number of carboxylic acids is 1. The van der Waals surface area contributed by atoms with Crippen molar-refractivity contribution in [3.63, 3.8) is 0 Å². The maximum absolute atomic E-state index is 10.6. The van der Waals surface area contributed by atoms with Gasteiger partial charge in [0.15, 0.2) is 0 Å². The zero-order valence-electron chi connectivity index (χ0n) is 17.2. The Bertz CT molecular complexity index is 747. The first-order valence-corrected chi connectivity index (χ1v) is 10.9. The first-order chi connectivity index (χ1) is 14.1. The maximum Gasteiger partial charge on any atom is 0.303 e. The molecule has 0 spiro atoms. The summed E-state index contributed by atoms with van der Waals surface area (Å²) in [7, 11) is 0. The van der Waals surface area contributed by atoms with Crippen LogP contribution in [0, 0.1) is 0 Å². The molecule has 0 aliphatic carbocycles. The van der Waals surface area contributed by atoms with E-state index in [4.69, 9.17) is 21.4 Å². The zero-order valence-corrected chi connectivity index (χ0v) is 18.8. The summed E-state index contributed by atoms with van der Waals surface area (Å²) in [5, 5.41) is 9.44. The number of rotatable bonds is 10. The molecule has 30 heavy (non-hydrogen) atoms. The molecule has 1 heterocycles. The van der Waals surface area contributed by atoms with Crippen LogP contribution in [-0.2, 0) is 9.53 Å². The second-order valence-corrected chi connectivity index (χ2v) is 8.16. The van der Waals surface area contributed by atoms with Crippen molar-refractivity contribution in [2.75, 3.05) is 19.6 Å². The van der Waals surface area contributed by atoms with Crippen molar-refractivity contribution in [3.05, 3.63) is 70.7 Å². The lowest BCUT2D eigenvalue weighted by Gasteiger charge is -2.34. The number of carboxylic acid groups (broad SMARTS) is 1. The molecule has 2 aromatic rings. The average Bonchev–Trinajstić information content (AvgIpc) is 2.74. The van der Waals surface area contributed by atoms with Gasteiger partial charge in [-0.05, 0) is 55.5 Å². The minimum Gasteiger partial charge on any atom is -0.481 e. The predicted molar refractivity (Wildman–Crippen MR) is 124 cm³/mol. The fraction of sp³-hybridized carbons (Fsp3) is 0.458. The number of benzene rings is 2. The highest BCUT2D eigenvalue weighted by atomic mass is 35.5. The average molecular weight is 452 g/mol. The number of hydrogen-bond donors (Lipinski definition) is 1. The van der Waals surface area contributed by atoms with Gasteiger partial charge in [-0.15, -0.1) is 12.4 Å². The molecule has 6 heteroatoms. The summed E-state index contributed by atoms with van der Waals surface area (Å²) in [6.45, 7) is 3.11. The summed E-state index contributed by atoms with van der Waals surface area (Å²) in [5.41, 5.74) is 2.29. The van der Waals surface area contributed by atoms with Gasteiger partial charge in [0.1, 0.15) is 6.10 Å². The molecule has 1 aliphatic heterocycles. The van der Waals surface area contributed by atoms with Crippen molar-refractivity contribution < 1.29 is 14.6 Å². The van der Waals surface area contributed by atoms with E-state index in [-0.39, 0.29) is 31.0 Å². The van der Waals surface area contributed by atoms with Gasteiger partial charge in [-0.2, -0.15) is 0 Å². The molecule has 2 aromatic carbocycles. The summed E-state index contributed by atoms with van der Waals surface area (Å²) in [5.74, 6) is -0.698. The number of hydrogen-bond acceptors (Lipinski definition) is 3. The van der Waals surface area contributed by atoms with Crippen LogP contribution in [-0.4, -0.2) is 41.7 Å². The topological polar surface area (TPSA) is 49.8 Å². The number of halogens is 2. The molecule has 0 bridgehead atoms. The van der Waals surface area contributed by atoms with Gasteiger partial charge in [-0.25, -0.2) is 0 Å². The standard InChI is InChI=1S/C24H30ClNO3.ClH/c25-21-12-10-20(11-13-21)24(19-7-3-1-4-8-19)29-22-14-17-26(18-15-22)16-6-2-5-9-23(27)28;/h1,3-4,7-8,10-13,22,24H,2,5-6,9,14-18H2,(H,27,28);1H. The molecule has 1 atom stereocenters. The third-order valence-electron chi connectivity index (χ3n) is 5.50. The first kappa shape index (κ1) is 24.7. The largest absolute Gasteiger partial charge is 0.481 e. The van der Waals surface area contributed by atoms with E-state index >= 15 is 0 Å². The van der Waals surface area contributed by atoms with E-state index in [0.717, 1.165) is 67.9 Å². The number of ether oxygens (including phenoxy) is 1. The van der Waals surface area contributed by atoms with Crippen LogP contribution in [0.25, 0.3) is 0 Å². The summed E-state index contributed by atoms with van der Waals surface area (Å²) < 4.78 is 6.59. The highest BCUT2D eigenvalue weighted by molar-refractivity contribution is 6.30. The fourth-order valence-corrected chi connectivity index (χ4v) is 3.99. The highest BCUT2D eigenvalue weighted by Gasteiger charge is 2.24. The highest BCUT2D eigenvalue weighted by Crippen LogP contribution is 2.30. The Balaban J connectivity index is 0.00000320. The molecule has 0 aromatic heterocycles. The summed E-state index contributed by atoms with van der Waals surface area (Å²) >= 11 is 6.07. The minimum absolute atomic E-state index is 0. The second-order valence-electron chi connectivity index (χ2n) is 7.72. The van der Waals surface area contributed by atoms with Crippen molar-refractivity contribution in [2.45, 2.75) is 50.7 Å². The monoisotopic (exact) mass is 451 g/mol. The van der Waals surface area contributed by atoms with Crippen LogP contribution in [0.15, 0.2) is 54.6 Å². The SMILES string of the molecule is Cl.O=C(O)CCCCCN1CCC(OC(c2ccccc2)c2ccc(Cl)cc2)CC1. The Morgan fingerprint density at radius 2 is 1.63 bits per heavy atom. The lowest BCUT2D eigenvalue weighted by atomic mass is 10.00. The predicted octanol–water partition coefficient (Wildman–Crippen LogP) is 5.98. The van der Waals surface area contributed by atoms with Crippen LogP contribution in [0.4, 0.5) is 0 Å². The molecule has 1 aliphatic rings. The quantitative estimate of drug-likeness (QED) is 0.451. The first-order valence-electron chi connectivity index (χ1n) is 10.5. The molecule has 0 radical (unpaired) electrons. The van der Waals surface area contributed by atoms with Crippen molar-refractivity contribution in [2.24, 2.45) is 0 Å². The van der Waals surface area contributed by atoms with Gasteiger partial charge in [-0.1, -0.05) is 60.5 Å². The smallest absolute Gasteiger partial charge is 0.303 e. The van der Waals surface area contributed by atoms with E-state index in [9.17, 15) is 4.79 Å². The van der Waals surface area contributed by atoms with Gasteiger partial charge in [0.2, 0.25) is 0 Å². The minimum atomic E-state index is -0.698. The molecule has 164 valence electrons. The van der Waals surface area contributed by atoms with Gasteiger partial charge >= 0.3 is 5.97 Å². The van der Waals surface area contributed by atoms with Crippen molar-refractivity contribution >= 4 is 30.0 Å². The maximum atomic E-state index is 10.6. The third-order valence-corrected chi connectivity index (χ3v) is 5.76. The summed E-state index contributed by atoms with van der Waals surface area (Å²) in [4.78, 5) is 13.1. The molecule has 0 saturated carbocycles. The molecule has 4 nitrogen and oxygen atoms in total. The molecule has 1 fully saturated rings. The van der Waals surface area contributed by atoms with Crippen LogP contribution in [0.2, 0.25) is 5.02 Å². The molecule has 1 saturated heterocycles. The summed E-state index contributed by atoms with van der Waals surface area (Å²) in [6, 6.07) is 18.3. The summed E-state index contributed by atoms with van der Waals surface area (Å²) in [6.07, 6.45) is 5.29. The Morgan fingerprint density at radius 1 is 1.00 bits per heavy atom. The second kappa shape index (κ2) is 13.0. The van der Waals surface area contributed by atoms with Crippen LogP contribution in [0.1, 0.15) is 55.8 Å². The molecule has 0 amide bonds.